The molecular weight excluding hydrogens is 396 g/mol. The summed E-state index contributed by atoms with van der Waals surface area (Å²) in [6, 6.07) is 16.4. The molecule has 0 aliphatic rings. The zero-order chi connectivity index (χ0) is 21.0. The number of carbonyl (C=O) groups is 1. The molecule has 1 N–H and O–H groups in total. The largest absolute Gasteiger partial charge is 0.497 e. The maximum Gasteiger partial charge on any atom is 0.283 e. The molecule has 0 spiro atoms. The third kappa shape index (κ3) is 4.47. The molecule has 148 valence electrons. The number of halogens is 1. The maximum atomic E-state index is 12.6. The first-order valence-corrected chi connectivity index (χ1v) is 8.88. The Balaban J connectivity index is 1.94. The van der Waals surface area contributed by atoms with Crippen molar-refractivity contribution in [3.8, 4) is 22.6 Å². The number of ether oxygens (including phenoxy) is 2. The van der Waals surface area contributed by atoms with Crippen molar-refractivity contribution in [1.29, 1.82) is 0 Å². The van der Waals surface area contributed by atoms with Gasteiger partial charge in [-0.25, -0.2) is 0 Å². The van der Waals surface area contributed by atoms with Gasteiger partial charge in [0.25, 0.3) is 11.6 Å². The van der Waals surface area contributed by atoms with Crippen molar-refractivity contribution in [2.24, 2.45) is 0 Å². The number of nitro benzene ring substituents is 1. The van der Waals surface area contributed by atoms with Crippen molar-refractivity contribution in [2.75, 3.05) is 19.5 Å². The fourth-order valence-corrected chi connectivity index (χ4v) is 2.99. The molecule has 0 saturated carbocycles. The zero-order valence-corrected chi connectivity index (χ0v) is 16.4. The van der Waals surface area contributed by atoms with Gasteiger partial charge in [0.15, 0.2) is 0 Å². The summed E-state index contributed by atoms with van der Waals surface area (Å²) in [6.07, 6.45) is 0. The van der Waals surface area contributed by atoms with Crippen LogP contribution in [-0.4, -0.2) is 25.1 Å². The van der Waals surface area contributed by atoms with Gasteiger partial charge in [-0.05, 0) is 48.0 Å². The smallest absolute Gasteiger partial charge is 0.283 e. The highest BCUT2D eigenvalue weighted by molar-refractivity contribution is 6.31. The highest BCUT2D eigenvalue weighted by atomic mass is 35.5. The van der Waals surface area contributed by atoms with E-state index in [1.807, 2.05) is 24.3 Å². The van der Waals surface area contributed by atoms with E-state index in [9.17, 15) is 14.9 Å². The lowest BCUT2D eigenvalue weighted by atomic mass is 10.0. The molecular formula is C21H17ClN2O5. The number of nitro groups is 1. The zero-order valence-electron chi connectivity index (χ0n) is 15.6. The number of amides is 1. The van der Waals surface area contributed by atoms with Crippen LogP contribution in [0.2, 0.25) is 5.02 Å². The summed E-state index contributed by atoms with van der Waals surface area (Å²) in [4.78, 5) is 23.2. The van der Waals surface area contributed by atoms with E-state index in [0.717, 1.165) is 17.2 Å². The van der Waals surface area contributed by atoms with Gasteiger partial charge in [-0.2, -0.15) is 0 Å². The van der Waals surface area contributed by atoms with E-state index >= 15 is 0 Å². The summed E-state index contributed by atoms with van der Waals surface area (Å²) in [5, 5.41) is 14.1. The second kappa shape index (κ2) is 8.62. The van der Waals surface area contributed by atoms with Crippen LogP contribution in [0.15, 0.2) is 60.7 Å². The van der Waals surface area contributed by atoms with E-state index in [2.05, 4.69) is 5.32 Å². The van der Waals surface area contributed by atoms with Gasteiger partial charge >= 0.3 is 0 Å². The lowest BCUT2D eigenvalue weighted by Crippen LogP contribution is -2.14. The highest BCUT2D eigenvalue weighted by Crippen LogP contribution is 2.34. The van der Waals surface area contributed by atoms with Gasteiger partial charge in [0.2, 0.25) is 0 Å². The molecule has 0 aromatic heterocycles. The Bertz CT molecular complexity index is 1070. The summed E-state index contributed by atoms with van der Waals surface area (Å²) in [5.41, 5.74) is 1.63. The third-order valence-corrected chi connectivity index (χ3v) is 4.49. The molecule has 7 nitrogen and oxygen atoms in total. The second-order valence-corrected chi connectivity index (χ2v) is 6.45. The molecule has 0 saturated heterocycles. The lowest BCUT2D eigenvalue weighted by molar-refractivity contribution is -0.385. The van der Waals surface area contributed by atoms with E-state index < -0.39 is 10.8 Å². The van der Waals surface area contributed by atoms with Crippen molar-refractivity contribution in [1.82, 2.24) is 0 Å². The minimum absolute atomic E-state index is 0.0822. The number of hydrogen-bond donors (Lipinski definition) is 1. The predicted molar refractivity (Wildman–Crippen MR) is 111 cm³/mol. The average molecular weight is 413 g/mol. The normalized spacial score (nSPS) is 10.3. The van der Waals surface area contributed by atoms with E-state index in [-0.39, 0.29) is 16.3 Å². The Morgan fingerprint density at radius 1 is 1.00 bits per heavy atom. The molecule has 0 aliphatic carbocycles. The van der Waals surface area contributed by atoms with Crippen LogP contribution in [0.1, 0.15) is 10.4 Å². The lowest BCUT2D eigenvalue weighted by Gasteiger charge is -2.13. The van der Waals surface area contributed by atoms with Crippen LogP contribution in [0, 0.1) is 10.1 Å². The molecule has 1 amide bonds. The molecule has 3 rings (SSSR count). The number of rotatable bonds is 6. The first-order valence-electron chi connectivity index (χ1n) is 8.50. The number of carbonyl (C=O) groups excluding carboxylic acids is 1. The van der Waals surface area contributed by atoms with Crippen LogP contribution >= 0.6 is 11.6 Å². The Morgan fingerprint density at radius 3 is 2.34 bits per heavy atom. The summed E-state index contributed by atoms with van der Waals surface area (Å²) in [5.74, 6) is 0.720. The van der Waals surface area contributed by atoms with Gasteiger partial charge in [0.1, 0.15) is 17.1 Å². The van der Waals surface area contributed by atoms with Crippen molar-refractivity contribution in [3.63, 3.8) is 0 Å². The SMILES string of the molecule is COc1ccc(-c2cc(NC(=O)c3ccc(Cl)cc3[N+](=O)[O-])ccc2OC)cc1. The number of methoxy groups -OCH3 is 2. The summed E-state index contributed by atoms with van der Waals surface area (Å²) < 4.78 is 10.6. The molecule has 29 heavy (non-hydrogen) atoms. The number of benzene rings is 3. The van der Waals surface area contributed by atoms with Crippen LogP contribution in [0.3, 0.4) is 0 Å². The fourth-order valence-electron chi connectivity index (χ4n) is 2.83. The summed E-state index contributed by atoms with van der Waals surface area (Å²) >= 11 is 5.81. The Labute approximate surface area is 172 Å². The Hall–Kier alpha value is -3.58. The van der Waals surface area contributed by atoms with Crippen molar-refractivity contribution in [2.45, 2.75) is 0 Å². The van der Waals surface area contributed by atoms with Crippen LogP contribution in [0.4, 0.5) is 11.4 Å². The maximum absolute atomic E-state index is 12.6. The third-order valence-electron chi connectivity index (χ3n) is 4.26. The fraction of sp³-hybridized carbons (Fsp3) is 0.0952. The average Bonchev–Trinajstić information content (AvgIpc) is 2.73. The van der Waals surface area contributed by atoms with Crippen molar-refractivity contribution < 1.29 is 19.2 Å². The monoisotopic (exact) mass is 412 g/mol. The standard InChI is InChI=1S/C21H17ClN2O5/c1-28-16-7-3-13(4-8-16)18-12-15(6-10-20(18)29-2)23-21(25)17-9-5-14(22)11-19(17)24(26)27/h3-12H,1-2H3,(H,23,25). The number of nitrogens with zero attached hydrogens (tertiary/aromatic N) is 1. The van der Waals surface area contributed by atoms with Gasteiger partial charge < -0.3 is 14.8 Å². The Kier molecular flexibility index (Phi) is 5.99. The molecule has 0 unspecified atom stereocenters. The molecule has 0 fully saturated rings. The minimum atomic E-state index is -0.641. The van der Waals surface area contributed by atoms with E-state index in [1.165, 1.54) is 12.1 Å². The number of hydrogen-bond acceptors (Lipinski definition) is 5. The Morgan fingerprint density at radius 2 is 1.72 bits per heavy atom. The topological polar surface area (TPSA) is 90.7 Å². The first-order chi connectivity index (χ1) is 13.9. The van der Waals surface area contributed by atoms with Crippen molar-refractivity contribution >= 4 is 28.9 Å². The van der Waals surface area contributed by atoms with Gasteiger partial charge in [0.05, 0.1) is 19.1 Å². The molecule has 0 atom stereocenters. The number of anilines is 1. The van der Waals surface area contributed by atoms with Gasteiger partial charge in [-0.1, -0.05) is 23.7 Å². The molecule has 8 heteroatoms. The molecule has 0 aliphatic heterocycles. The highest BCUT2D eigenvalue weighted by Gasteiger charge is 2.21. The second-order valence-electron chi connectivity index (χ2n) is 6.02. The van der Waals surface area contributed by atoms with Crippen LogP contribution in [0.5, 0.6) is 11.5 Å². The van der Waals surface area contributed by atoms with E-state index in [1.54, 1.807) is 32.4 Å². The predicted octanol–water partition coefficient (Wildman–Crippen LogP) is 5.18. The molecule has 3 aromatic rings. The summed E-state index contributed by atoms with van der Waals surface area (Å²) in [6.45, 7) is 0. The molecule has 0 radical (unpaired) electrons. The quantitative estimate of drug-likeness (QED) is 0.444. The summed E-state index contributed by atoms with van der Waals surface area (Å²) in [7, 11) is 3.14. The van der Waals surface area contributed by atoms with Gasteiger partial charge in [-0.3, -0.25) is 14.9 Å². The van der Waals surface area contributed by atoms with E-state index in [0.29, 0.717) is 17.2 Å². The molecule has 0 bridgehead atoms. The van der Waals surface area contributed by atoms with E-state index in [4.69, 9.17) is 21.1 Å². The van der Waals surface area contributed by atoms with Gasteiger partial charge in [0, 0.05) is 22.3 Å². The minimum Gasteiger partial charge on any atom is -0.497 e. The van der Waals surface area contributed by atoms with Crippen LogP contribution < -0.4 is 14.8 Å². The van der Waals surface area contributed by atoms with Crippen molar-refractivity contribution in [3.05, 3.63) is 81.4 Å². The molecule has 3 aromatic carbocycles. The van der Waals surface area contributed by atoms with Gasteiger partial charge in [-0.15, -0.1) is 0 Å². The first kappa shape index (κ1) is 20.2. The number of nitrogens with one attached hydrogen (secondary N) is 1. The molecule has 0 heterocycles. The van der Waals surface area contributed by atoms with Crippen LogP contribution in [0.25, 0.3) is 11.1 Å². The van der Waals surface area contributed by atoms with Crippen LogP contribution in [-0.2, 0) is 0 Å².